The van der Waals surface area contributed by atoms with Gasteiger partial charge in [0.1, 0.15) is 23.4 Å². The zero-order chi connectivity index (χ0) is 14.3. The number of benzene rings is 1. The fourth-order valence-electron chi connectivity index (χ4n) is 2.65. The molecule has 0 radical (unpaired) electrons. The van der Waals surface area contributed by atoms with Gasteiger partial charge >= 0.3 is 5.97 Å². The summed E-state index contributed by atoms with van der Waals surface area (Å²) in [7, 11) is 0. The molecule has 1 heterocycles. The number of phenolic OH excluding ortho intramolecular Hbond substituents is 1. The summed E-state index contributed by atoms with van der Waals surface area (Å²) < 4.78 is 11.5. The average molecular weight is 343 g/mol. The molecule has 0 bridgehead atoms. The molecule has 6 heteroatoms. The second-order valence-corrected chi connectivity index (χ2v) is 5.99. The Balaban J connectivity index is 2.03. The molecule has 1 aliphatic carbocycles. The van der Waals surface area contributed by atoms with Crippen molar-refractivity contribution in [3.63, 3.8) is 0 Å². The summed E-state index contributed by atoms with van der Waals surface area (Å²) in [4.78, 5) is 11.1. The van der Waals surface area contributed by atoms with Crippen molar-refractivity contribution in [1.29, 1.82) is 0 Å². The fraction of sp³-hybridized carbons (Fsp3) is 0.500. The van der Waals surface area contributed by atoms with Crippen molar-refractivity contribution in [2.24, 2.45) is 5.92 Å². The zero-order valence-corrected chi connectivity index (χ0v) is 12.4. The minimum atomic E-state index is -0.854. The number of phenols is 1. The van der Waals surface area contributed by atoms with E-state index in [1.807, 2.05) is 0 Å². The molecule has 2 aliphatic rings. The van der Waals surface area contributed by atoms with Gasteiger partial charge in [0.15, 0.2) is 11.5 Å². The minimum Gasteiger partial charge on any atom is -0.506 e. The van der Waals surface area contributed by atoms with E-state index in [-0.39, 0.29) is 18.1 Å². The highest BCUT2D eigenvalue weighted by Gasteiger charge is 2.37. The van der Waals surface area contributed by atoms with Gasteiger partial charge < -0.3 is 19.7 Å². The van der Waals surface area contributed by atoms with Crippen LogP contribution in [-0.4, -0.2) is 29.4 Å². The third-order valence-corrected chi connectivity index (χ3v) is 4.50. The summed E-state index contributed by atoms with van der Waals surface area (Å²) in [6, 6.07) is 1.72. The second-order valence-electron chi connectivity index (χ2n) is 5.19. The number of hydrogen-bond donors (Lipinski definition) is 2. The van der Waals surface area contributed by atoms with E-state index in [2.05, 4.69) is 15.9 Å². The van der Waals surface area contributed by atoms with Crippen LogP contribution in [0, 0.1) is 5.92 Å². The maximum atomic E-state index is 11.1. The molecule has 0 aromatic heterocycles. The van der Waals surface area contributed by atoms with Gasteiger partial charge in [-0.2, -0.15) is 0 Å². The summed E-state index contributed by atoms with van der Waals surface area (Å²) in [5.41, 5.74) is 0.631. The predicted octanol–water partition coefficient (Wildman–Crippen LogP) is 2.89. The van der Waals surface area contributed by atoms with Crippen molar-refractivity contribution in [1.82, 2.24) is 0 Å². The Morgan fingerprint density at radius 3 is 2.75 bits per heavy atom. The number of rotatable bonds is 4. The van der Waals surface area contributed by atoms with Crippen LogP contribution in [0.2, 0.25) is 0 Å². The van der Waals surface area contributed by atoms with E-state index in [0.717, 1.165) is 12.8 Å². The highest BCUT2D eigenvalue weighted by molar-refractivity contribution is 9.10. The van der Waals surface area contributed by atoms with Crippen LogP contribution < -0.4 is 9.47 Å². The van der Waals surface area contributed by atoms with Gasteiger partial charge in [-0.05, 0) is 40.8 Å². The van der Waals surface area contributed by atoms with Crippen LogP contribution in [0.25, 0.3) is 0 Å². The molecule has 5 nitrogen and oxygen atoms in total. The number of fused-ring (bicyclic) bond motifs is 1. The third kappa shape index (κ3) is 2.44. The van der Waals surface area contributed by atoms with E-state index in [4.69, 9.17) is 14.6 Å². The van der Waals surface area contributed by atoms with E-state index < -0.39 is 5.97 Å². The lowest BCUT2D eigenvalue weighted by atomic mass is 9.90. The van der Waals surface area contributed by atoms with Crippen molar-refractivity contribution in [2.75, 3.05) is 13.2 Å². The fourth-order valence-corrected chi connectivity index (χ4v) is 3.19. The lowest BCUT2D eigenvalue weighted by Gasteiger charge is -2.24. The first-order valence-electron chi connectivity index (χ1n) is 6.60. The standard InChI is InChI=1S/C14H15BrO5/c15-12-13(18)9(5-10-14(12)20-4-3-19-10)8(6-11(16)17)7-1-2-7/h5,7-8,18H,1-4,6H2,(H,16,17). The number of carboxylic acids is 1. The van der Waals surface area contributed by atoms with Gasteiger partial charge in [-0.3, -0.25) is 4.79 Å². The van der Waals surface area contributed by atoms with Crippen LogP contribution >= 0.6 is 15.9 Å². The Kier molecular flexibility index (Phi) is 3.50. The zero-order valence-electron chi connectivity index (χ0n) is 10.8. The number of hydrogen-bond acceptors (Lipinski definition) is 4. The second kappa shape index (κ2) is 5.16. The Labute approximate surface area is 124 Å². The molecule has 1 aromatic rings. The molecule has 20 heavy (non-hydrogen) atoms. The molecule has 1 aliphatic heterocycles. The predicted molar refractivity (Wildman–Crippen MR) is 74.5 cm³/mol. The average Bonchev–Trinajstić information content (AvgIpc) is 3.25. The third-order valence-electron chi connectivity index (χ3n) is 3.76. The lowest BCUT2D eigenvalue weighted by Crippen LogP contribution is -2.17. The number of aromatic hydroxyl groups is 1. The molecule has 1 aromatic carbocycles. The normalized spacial score (nSPS) is 18.6. The Morgan fingerprint density at radius 2 is 2.10 bits per heavy atom. The maximum Gasteiger partial charge on any atom is 0.303 e. The summed E-state index contributed by atoms with van der Waals surface area (Å²) in [6.07, 6.45) is 2.03. The van der Waals surface area contributed by atoms with E-state index in [1.165, 1.54) is 0 Å². The van der Waals surface area contributed by atoms with Crippen LogP contribution in [-0.2, 0) is 4.79 Å². The van der Waals surface area contributed by atoms with Crippen molar-refractivity contribution in [3.8, 4) is 17.2 Å². The molecule has 2 N–H and O–H groups in total. The molecular weight excluding hydrogens is 328 g/mol. The van der Waals surface area contributed by atoms with Crippen molar-refractivity contribution < 1.29 is 24.5 Å². The van der Waals surface area contributed by atoms with Crippen molar-refractivity contribution in [3.05, 3.63) is 16.1 Å². The van der Waals surface area contributed by atoms with Gasteiger partial charge in [0.05, 0.1) is 6.42 Å². The quantitative estimate of drug-likeness (QED) is 0.879. The Morgan fingerprint density at radius 1 is 1.40 bits per heavy atom. The number of carboxylic acid groups (broad SMARTS) is 1. The molecule has 1 unspecified atom stereocenters. The van der Waals surface area contributed by atoms with Gasteiger partial charge in [0.2, 0.25) is 0 Å². The monoisotopic (exact) mass is 342 g/mol. The highest BCUT2D eigenvalue weighted by Crippen LogP contribution is 2.52. The summed E-state index contributed by atoms with van der Waals surface area (Å²) in [5, 5.41) is 19.4. The smallest absolute Gasteiger partial charge is 0.303 e. The molecule has 0 amide bonds. The topological polar surface area (TPSA) is 76.0 Å². The van der Waals surface area contributed by atoms with Crippen LogP contribution in [0.3, 0.4) is 0 Å². The van der Waals surface area contributed by atoms with E-state index in [1.54, 1.807) is 6.07 Å². The molecule has 0 spiro atoms. The first-order chi connectivity index (χ1) is 9.58. The maximum absolute atomic E-state index is 11.1. The molecule has 1 atom stereocenters. The molecule has 108 valence electrons. The van der Waals surface area contributed by atoms with Crippen LogP contribution in [0.4, 0.5) is 0 Å². The molecule has 1 fully saturated rings. The van der Waals surface area contributed by atoms with Crippen LogP contribution in [0.15, 0.2) is 10.5 Å². The van der Waals surface area contributed by atoms with Gasteiger partial charge in [0, 0.05) is 11.5 Å². The van der Waals surface area contributed by atoms with Crippen LogP contribution in [0.1, 0.15) is 30.7 Å². The highest BCUT2D eigenvalue weighted by atomic mass is 79.9. The van der Waals surface area contributed by atoms with E-state index in [0.29, 0.717) is 40.7 Å². The van der Waals surface area contributed by atoms with E-state index in [9.17, 15) is 9.90 Å². The molecule has 3 rings (SSSR count). The molecule has 1 saturated carbocycles. The number of ether oxygens (including phenoxy) is 2. The Bertz CT molecular complexity index is 553. The number of halogens is 1. The SMILES string of the molecule is O=C(O)CC(c1cc2c(c(Br)c1O)OCCO2)C1CC1. The summed E-state index contributed by atoms with van der Waals surface area (Å²) in [5.74, 6) is 0.403. The minimum absolute atomic E-state index is 0.0182. The lowest BCUT2D eigenvalue weighted by molar-refractivity contribution is -0.137. The first-order valence-corrected chi connectivity index (χ1v) is 7.40. The summed E-state index contributed by atoms with van der Waals surface area (Å²) in [6.45, 7) is 0.891. The van der Waals surface area contributed by atoms with Gasteiger partial charge in [-0.25, -0.2) is 0 Å². The van der Waals surface area contributed by atoms with Crippen molar-refractivity contribution >= 4 is 21.9 Å². The van der Waals surface area contributed by atoms with E-state index >= 15 is 0 Å². The summed E-state index contributed by atoms with van der Waals surface area (Å²) >= 11 is 3.32. The van der Waals surface area contributed by atoms with Gasteiger partial charge in [-0.1, -0.05) is 0 Å². The van der Waals surface area contributed by atoms with Gasteiger partial charge in [-0.15, -0.1) is 0 Å². The molecular formula is C14H15BrO5. The first kappa shape index (κ1) is 13.5. The number of carbonyl (C=O) groups is 1. The van der Waals surface area contributed by atoms with Crippen molar-refractivity contribution in [2.45, 2.75) is 25.2 Å². The van der Waals surface area contributed by atoms with Crippen LogP contribution in [0.5, 0.6) is 17.2 Å². The Hall–Kier alpha value is -1.43. The molecule has 0 saturated heterocycles. The number of aliphatic carboxylic acids is 1. The van der Waals surface area contributed by atoms with Gasteiger partial charge in [0.25, 0.3) is 0 Å². The largest absolute Gasteiger partial charge is 0.506 e.